The summed E-state index contributed by atoms with van der Waals surface area (Å²) in [5.41, 5.74) is 0. The van der Waals surface area contributed by atoms with E-state index in [-0.39, 0.29) is 6.04 Å². The van der Waals surface area contributed by atoms with Crippen molar-refractivity contribution in [3.8, 4) is 0 Å². The smallest absolute Gasteiger partial charge is 0.282 e. The summed E-state index contributed by atoms with van der Waals surface area (Å²) in [7, 11) is -1.30. The molecule has 0 aromatic carbocycles. The molecule has 0 saturated carbocycles. The van der Waals surface area contributed by atoms with Crippen molar-refractivity contribution in [3.63, 3.8) is 0 Å². The first-order chi connectivity index (χ1) is 8.55. The lowest BCUT2D eigenvalue weighted by Crippen LogP contribution is -2.50. The Morgan fingerprint density at radius 2 is 1.94 bits per heavy atom. The Bertz CT molecular complexity index is 370. The number of hydrogen-bond donors (Lipinski definition) is 1. The summed E-state index contributed by atoms with van der Waals surface area (Å²) >= 11 is 0. The fourth-order valence-corrected chi connectivity index (χ4v) is 5.07. The summed E-state index contributed by atoms with van der Waals surface area (Å²) in [6, 6.07) is 0.166. The predicted octanol–water partition coefficient (Wildman–Crippen LogP) is 0.647. The Kier molecular flexibility index (Phi) is 4.64. The van der Waals surface area contributed by atoms with Crippen molar-refractivity contribution >= 4 is 10.2 Å². The van der Waals surface area contributed by atoms with Crippen molar-refractivity contribution in [2.24, 2.45) is 5.92 Å². The van der Waals surface area contributed by atoms with Gasteiger partial charge in [-0.1, -0.05) is 0 Å². The maximum Gasteiger partial charge on any atom is 0.282 e. The molecule has 2 atom stereocenters. The highest BCUT2D eigenvalue weighted by atomic mass is 32.2. The van der Waals surface area contributed by atoms with Gasteiger partial charge in [-0.3, -0.25) is 0 Å². The molecule has 2 heterocycles. The number of piperidine rings is 1. The molecule has 2 saturated heterocycles. The van der Waals surface area contributed by atoms with Crippen LogP contribution >= 0.6 is 0 Å². The third-order valence-electron chi connectivity index (χ3n) is 4.09. The maximum absolute atomic E-state index is 12.6. The number of nitrogens with zero attached hydrogens (tertiary/aromatic N) is 2. The van der Waals surface area contributed by atoms with E-state index in [4.69, 9.17) is 0 Å². The lowest BCUT2D eigenvalue weighted by Gasteiger charge is -2.35. The molecule has 2 rings (SSSR count). The summed E-state index contributed by atoms with van der Waals surface area (Å²) < 4.78 is 28.5. The standard InChI is InChI=1S/C12H25N3O2S/c1-11-5-3-8-15(11)18(16,17)14-7-4-6-12(10-14)9-13-2/h11-13H,3-10H2,1-2H3. The average Bonchev–Trinajstić information content (AvgIpc) is 2.77. The molecule has 1 N–H and O–H groups in total. The van der Waals surface area contributed by atoms with Crippen molar-refractivity contribution in [1.82, 2.24) is 13.9 Å². The zero-order valence-electron chi connectivity index (χ0n) is 11.4. The minimum absolute atomic E-state index is 0.166. The second-order valence-electron chi connectivity index (χ2n) is 5.53. The topological polar surface area (TPSA) is 52.7 Å². The molecule has 0 aromatic rings. The summed E-state index contributed by atoms with van der Waals surface area (Å²) in [6.07, 6.45) is 4.09. The molecule has 0 amide bonds. The highest BCUT2D eigenvalue weighted by Gasteiger charge is 2.37. The van der Waals surface area contributed by atoms with Crippen molar-refractivity contribution in [1.29, 1.82) is 0 Å². The first kappa shape index (κ1) is 14.2. The highest BCUT2D eigenvalue weighted by molar-refractivity contribution is 7.86. The Balaban J connectivity index is 2.05. The molecule has 18 heavy (non-hydrogen) atoms. The monoisotopic (exact) mass is 275 g/mol. The van der Waals surface area contributed by atoms with E-state index < -0.39 is 10.2 Å². The minimum Gasteiger partial charge on any atom is -0.319 e. The van der Waals surface area contributed by atoms with Gasteiger partial charge in [0.15, 0.2) is 0 Å². The molecule has 6 heteroatoms. The van der Waals surface area contributed by atoms with Crippen LogP contribution in [-0.2, 0) is 10.2 Å². The van der Waals surface area contributed by atoms with Gasteiger partial charge in [0.1, 0.15) is 0 Å². The quantitative estimate of drug-likeness (QED) is 0.819. The van der Waals surface area contributed by atoms with Crippen LogP contribution in [0.1, 0.15) is 32.6 Å². The van der Waals surface area contributed by atoms with Crippen LogP contribution in [0.4, 0.5) is 0 Å². The first-order valence-electron chi connectivity index (χ1n) is 6.97. The molecule has 2 aliphatic heterocycles. The SMILES string of the molecule is CNCC1CCCN(S(=O)(=O)N2CCCC2C)C1. The van der Waals surface area contributed by atoms with E-state index in [1.54, 1.807) is 8.61 Å². The molecule has 106 valence electrons. The van der Waals surface area contributed by atoms with Crippen molar-refractivity contribution in [2.75, 3.05) is 33.2 Å². The third-order valence-corrected chi connectivity index (χ3v) is 6.21. The van der Waals surface area contributed by atoms with Crippen LogP contribution in [0.15, 0.2) is 0 Å². The van der Waals surface area contributed by atoms with E-state index in [2.05, 4.69) is 5.32 Å². The van der Waals surface area contributed by atoms with Crippen LogP contribution in [0.3, 0.4) is 0 Å². The number of rotatable bonds is 4. The Morgan fingerprint density at radius 3 is 2.56 bits per heavy atom. The molecule has 2 unspecified atom stereocenters. The molecule has 0 aliphatic carbocycles. The van der Waals surface area contributed by atoms with Gasteiger partial charge < -0.3 is 5.32 Å². The van der Waals surface area contributed by atoms with E-state index in [1.807, 2.05) is 14.0 Å². The van der Waals surface area contributed by atoms with Gasteiger partial charge in [0.2, 0.25) is 0 Å². The zero-order chi connectivity index (χ0) is 13.2. The van der Waals surface area contributed by atoms with Gasteiger partial charge in [-0.2, -0.15) is 17.0 Å². The minimum atomic E-state index is -3.22. The van der Waals surface area contributed by atoms with E-state index in [1.165, 1.54) is 0 Å². The van der Waals surface area contributed by atoms with Gasteiger partial charge >= 0.3 is 0 Å². The van der Waals surface area contributed by atoms with Crippen LogP contribution in [0.25, 0.3) is 0 Å². The van der Waals surface area contributed by atoms with Gasteiger partial charge in [-0.15, -0.1) is 0 Å². The average molecular weight is 275 g/mol. The second kappa shape index (κ2) is 5.86. The Labute approximate surface area is 111 Å². The number of hydrogen-bond acceptors (Lipinski definition) is 3. The van der Waals surface area contributed by atoms with E-state index >= 15 is 0 Å². The van der Waals surface area contributed by atoms with Gasteiger partial charge in [-0.25, -0.2) is 0 Å². The van der Waals surface area contributed by atoms with E-state index in [9.17, 15) is 8.42 Å². The molecule has 0 aromatic heterocycles. The molecular formula is C12H25N3O2S. The van der Waals surface area contributed by atoms with Crippen LogP contribution in [0.2, 0.25) is 0 Å². The summed E-state index contributed by atoms with van der Waals surface area (Å²) in [6.45, 7) is 4.97. The van der Waals surface area contributed by atoms with Crippen molar-refractivity contribution in [3.05, 3.63) is 0 Å². The first-order valence-corrected chi connectivity index (χ1v) is 8.37. The lowest BCUT2D eigenvalue weighted by atomic mass is 10.00. The second-order valence-corrected chi connectivity index (χ2v) is 7.41. The lowest BCUT2D eigenvalue weighted by molar-refractivity contribution is 0.243. The van der Waals surface area contributed by atoms with Gasteiger partial charge in [0, 0.05) is 25.7 Å². The normalized spacial score (nSPS) is 31.9. The van der Waals surface area contributed by atoms with Gasteiger partial charge in [0.05, 0.1) is 0 Å². The zero-order valence-corrected chi connectivity index (χ0v) is 12.2. The third kappa shape index (κ3) is 2.87. The fraction of sp³-hybridized carbons (Fsp3) is 1.00. The molecule has 0 spiro atoms. The van der Waals surface area contributed by atoms with Crippen molar-refractivity contribution in [2.45, 2.75) is 38.6 Å². The van der Waals surface area contributed by atoms with Crippen LogP contribution in [-0.4, -0.2) is 56.3 Å². The van der Waals surface area contributed by atoms with E-state index in [0.29, 0.717) is 25.6 Å². The number of nitrogens with one attached hydrogen (secondary N) is 1. The molecule has 2 aliphatic rings. The Morgan fingerprint density at radius 1 is 1.22 bits per heavy atom. The van der Waals surface area contributed by atoms with Gasteiger partial charge in [0.25, 0.3) is 10.2 Å². The molecule has 0 bridgehead atoms. The van der Waals surface area contributed by atoms with Gasteiger partial charge in [-0.05, 0) is 52.1 Å². The molecular weight excluding hydrogens is 250 g/mol. The predicted molar refractivity (Wildman–Crippen MR) is 72.5 cm³/mol. The molecule has 2 fully saturated rings. The van der Waals surface area contributed by atoms with Crippen molar-refractivity contribution < 1.29 is 8.42 Å². The highest BCUT2D eigenvalue weighted by Crippen LogP contribution is 2.26. The summed E-state index contributed by atoms with van der Waals surface area (Å²) in [5.74, 6) is 0.455. The fourth-order valence-electron chi connectivity index (χ4n) is 3.09. The van der Waals surface area contributed by atoms with E-state index in [0.717, 1.165) is 32.2 Å². The Hall–Kier alpha value is -0.170. The van der Waals surface area contributed by atoms with Crippen LogP contribution in [0.5, 0.6) is 0 Å². The summed E-state index contributed by atoms with van der Waals surface area (Å²) in [4.78, 5) is 0. The maximum atomic E-state index is 12.6. The largest absolute Gasteiger partial charge is 0.319 e. The van der Waals surface area contributed by atoms with Crippen LogP contribution < -0.4 is 5.32 Å². The summed E-state index contributed by atoms with van der Waals surface area (Å²) in [5, 5.41) is 3.15. The molecule has 5 nitrogen and oxygen atoms in total. The molecule has 0 radical (unpaired) electrons. The van der Waals surface area contributed by atoms with Crippen LogP contribution in [0, 0.1) is 5.92 Å².